The summed E-state index contributed by atoms with van der Waals surface area (Å²) in [4.78, 5) is 0.568. The number of aliphatic hydroxyl groups is 1. The third-order valence-corrected chi connectivity index (χ3v) is 2.75. The zero-order chi connectivity index (χ0) is 8.97. The summed E-state index contributed by atoms with van der Waals surface area (Å²) in [5.41, 5.74) is 0. The third kappa shape index (κ3) is 2.77. The van der Waals surface area contributed by atoms with Gasteiger partial charge in [-0.3, -0.25) is 0 Å². The Morgan fingerprint density at radius 2 is 2.25 bits per heavy atom. The van der Waals surface area contributed by atoms with E-state index in [0.717, 1.165) is 4.47 Å². The number of halogens is 2. The molecule has 1 aromatic carbocycles. The fraction of sp³-hybridized carbons (Fsp3) is 0.250. The van der Waals surface area contributed by atoms with Crippen LogP contribution in [0.2, 0.25) is 0 Å². The van der Waals surface area contributed by atoms with Crippen molar-refractivity contribution in [3.05, 3.63) is 28.5 Å². The van der Waals surface area contributed by atoms with Crippen molar-refractivity contribution in [2.24, 2.45) is 0 Å². The van der Waals surface area contributed by atoms with Crippen molar-refractivity contribution in [2.75, 3.05) is 12.4 Å². The zero-order valence-corrected chi connectivity index (χ0v) is 8.66. The predicted octanol–water partition coefficient (Wildman–Crippen LogP) is 2.67. The number of thioether (sulfide) groups is 1. The van der Waals surface area contributed by atoms with Gasteiger partial charge in [-0.1, -0.05) is 15.9 Å². The van der Waals surface area contributed by atoms with E-state index in [2.05, 4.69) is 15.9 Å². The second-order valence-electron chi connectivity index (χ2n) is 2.15. The molecule has 66 valence electrons. The van der Waals surface area contributed by atoms with Crippen LogP contribution in [0.3, 0.4) is 0 Å². The first kappa shape index (κ1) is 10.0. The molecule has 0 aliphatic heterocycles. The molecule has 0 heterocycles. The minimum absolute atomic E-state index is 0.0661. The van der Waals surface area contributed by atoms with Crippen molar-refractivity contribution in [3.63, 3.8) is 0 Å². The highest BCUT2D eigenvalue weighted by Crippen LogP contribution is 2.24. The highest BCUT2D eigenvalue weighted by atomic mass is 79.9. The van der Waals surface area contributed by atoms with E-state index in [4.69, 9.17) is 5.11 Å². The summed E-state index contributed by atoms with van der Waals surface area (Å²) in [5.74, 6) is 0.282. The summed E-state index contributed by atoms with van der Waals surface area (Å²) in [6.07, 6.45) is 0. The average Bonchev–Trinajstić information content (AvgIpc) is 2.07. The normalized spacial score (nSPS) is 10.2. The minimum Gasteiger partial charge on any atom is -0.396 e. The second kappa shape index (κ2) is 4.84. The Morgan fingerprint density at radius 3 is 2.92 bits per heavy atom. The van der Waals surface area contributed by atoms with E-state index in [9.17, 15) is 4.39 Å². The maximum absolute atomic E-state index is 13.0. The van der Waals surface area contributed by atoms with Gasteiger partial charge in [-0.2, -0.15) is 0 Å². The molecule has 0 unspecified atom stereocenters. The van der Waals surface area contributed by atoms with Crippen molar-refractivity contribution in [2.45, 2.75) is 4.90 Å². The molecule has 0 saturated carbocycles. The molecule has 12 heavy (non-hydrogen) atoms. The van der Waals surface area contributed by atoms with Crippen LogP contribution in [0.1, 0.15) is 0 Å². The van der Waals surface area contributed by atoms with E-state index >= 15 is 0 Å². The molecule has 0 saturated heterocycles. The van der Waals surface area contributed by atoms with Gasteiger partial charge in [0.25, 0.3) is 0 Å². The van der Waals surface area contributed by atoms with Crippen molar-refractivity contribution >= 4 is 27.7 Å². The first-order valence-electron chi connectivity index (χ1n) is 3.43. The van der Waals surface area contributed by atoms with Gasteiger partial charge >= 0.3 is 0 Å². The molecule has 1 nitrogen and oxygen atoms in total. The lowest BCUT2D eigenvalue weighted by atomic mass is 10.3. The lowest BCUT2D eigenvalue weighted by Crippen LogP contribution is -1.87. The first-order chi connectivity index (χ1) is 5.74. The van der Waals surface area contributed by atoms with Gasteiger partial charge in [0.05, 0.1) is 6.61 Å². The molecular weight excluding hydrogens is 243 g/mol. The van der Waals surface area contributed by atoms with E-state index in [-0.39, 0.29) is 12.4 Å². The molecule has 0 fully saturated rings. The Hall–Kier alpha value is -0.0600. The molecule has 4 heteroatoms. The summed E-state index contributed by atoms with van der Waals surface area (Å²) < 4.78 is 13.8. The smallest absolute Gasteiger partial charge is 0.136 e. The number of hydrogen-bond donors (Lipinski definition) is 1. The van der Waals surface area contributed by atoms with Crippen LogP contribution in [0.4, 0.5) is 4.39 Å². The maximum Gasteiger partial charge on any atom is 0.136 e. The molecule has 0 bridgehead atoms. The topological polar surface area (TPSA) is 20.2 Å². The van der Waals surface area contributed by atoms with E-state index in [1.807, 2.05) is 0 Å². The minimum atomic E-state index is -0.239. The van der Waals surface area contributed by atoms with E-state index < -0.39 is 0 Å². The zero-order valence-electron chi connectivity index (χ0n) is 6.26. The van der Waals surface area contributed by atoms with Crippen molar-refractivity contribution in [1.82, 2.24) is 0 Å². The van der Waals surface area contributed by atoms with Crippen LogP contribution >= 0.6 is 27.7 Å². The highest BCUT2D eigenvalue weighted by Gasteiger charge is 2.01. The highest BCUT2D eigenvalue weighted by molar-refractivity contribution is 9.10. The quantitative estimate of drug-likeness (QED) is 0.833. The molecule has 0 aromatic heterocycles. The largest absolute Gasteiger partial charge is 0.396 e. The van der Waals surface area contributed by atoms with Crippen molar-refractivity contribution < 1.29 is 9.50 Å². The summed E-state index contributed by atoms with van der Waals surface area (Å²) >= 11 is 4.55. The van der Waals surface area contributed by atoms with Gasteiger partial charge in [0.1, 0.15) is 5.82 Å². The molecular formula is C8H8BrFOS. The number of aliphatic hydroxyl groups excluding tert-OH is 1. The Morgan fingerprint density at radius 1 is 1.50 bits per heavy atom. The van der Waals surface area contributed by atoms with Crippen LogP contribution in [-0.2, 0) is 0 Å². The third-order valence-electron chi connectivity index (χ3n) is 1.24. The van der Waals surface area contributed by atoms with Crippen LogP contribution < -0.4 is 0 Å². The van der Waals surface area contributed by atoms with Gasteiger partial charge in [-0.25, -0.2) is 4.39 Å². The first-order valence-corrected chi connectivity index (χ1v) is 5.20. The maximum atomic E-state index is 13.0. The second-order valence-corrected chi connectivity index (χ2v) is 4.20. The molecule has 0 amide bonds. The molecule has 0 radical (unpaired) electrons. The SMILES string of the molecule is OCCSc1cc(Br)ccc1F. The van der Waals surface area contributed by atoms with E-state index in [1.165, 1.54) is 17.8 Å². The van der Waals surface area contributed by atoms with Gasteiger partial charge in [-0.15, -0.1) is 11.8 Å². The lowest BCUT2D eigenvalue weighted by molar-refractivity contribution is 0.322. The molecule has 0 atom stereocenters. The van der Waals surface area contributed by atoms with Gasteiger partial charge in [-0.05, 0) is 18.2 Å². The van der Waals surface area contributed by atoms with E-state index in [0.29, 0.717) is 10.6 Å². The number of rotatable bonds is 3. The van der Waals surface area contributed by atoms with Gasteiger partial charge in [0.2, 0.25) is 0 Å². The van der Waals surface area contributed by atoms with Crippen LogP contribution in [-0.4, -0.2) is 17.5 Å². The predicted molar refractivity (Wildman–Crippen MR) is 51.9 cm³/mol. The van der Waals surface area contributed by atoms with Gasteiger partial charge < -0.3 is 5.11 Å². The summed E-state index contributed by atoms with van der Waals surface area (Å²) in [6.45, 7) is 0.0661. The fourth-order valence-electron chi connectivity index (χ4n) is 0.743. The van der Waals surface area contributed by atoms with Gasteiger partial charge in [0, 0.05) is 15.1 Å². The Bertz CT molecular complexity index is 267. The summed E-state index contributed by atoms with van der Waals surface area (Å²) in [7, 11) is 0. The fourth-order valence-corrected chi connectivity index (χ4v) is 1.98. The molecule has 0 aliphatic carbocycles. The Kier molecular flexibility index (Phi) is 4.05. The molecule has 1 aromatic rings. The molecule has 1 N–H and O–H groups in total. The number of hydrogen-bond acceptors (Lipinski definition) is 2. The summed E-state index contributed by atoms with van der Waals surface area (Å²) in [6, 6.07) is 4.76. The summed E-state index contributed by atoms with van der Waals surface area (Å²) in [5, 5.41) is 8.53. The van der Waals surface area contributed by atoms with Crippen LogP contribution in [0.5, 0.6) is 0 Å². The van der Waals surface area contributed by atoms with Crippen LogP contribution in [0, 0.1) is 5.82 Å². The van der Waals surface area contributed by atoms with Crippen molar-refractivity contribution in [1.29, 1.82) is 0 Å². The van der Waals surface area contributed by atoms with E-state index in [1.54, 1.807) is 12.1 Å². The number of benzene rings is 1. The van der Waals surface area contributed by atoms with Crippen LogP contribution in [0.15, 0.2) is 27.6 Å². The van der Waals surface area contributed by atoms with Crippen molar-refractivity contribution in [3.8, 4) is 0 Å². The standard InChI is InChI=1S/C8H8BrFOS/c9-6-1-2-7(10)8(5-6)12-4-3-11/h1-2,5,11H,3-4H2. The average molecular weight is 251 g/mol. The molecule has 1 rings (SSSR count). The lowest BCUT2D eigenvalue weighted by Gasteiger charge is -2.01. The monoisotopic (exact) mass is 250 g/mol. The van der Waals surface area contributed by atoms with Gasteiger partial charge in [0.15, 0.2) is 0 Å². The Labute approximate surface area is 83.1 Å². The molecule has 0 aliphatic rings. The Balaban J connectivity index is 2.75. The van der Waals surface area contributed by atoms with Crippen LogP contribution in [0.25, 0.3) is 0 Å². The molecule has 0 spiro atoms.